The molecule has 1 amide bonds. The van der Waals surface area contributed by atoms with E-state index in [-0.39, 0.29) is 11.8 Å². The summed E-state index contributed by atoms with van der Waals surface area (Å²) in [5, 5.41) is 2.66. The van der Waals surface area contributed by atoms with Gasteiger partial charge in [0.2, 0.25) is 5.91 Å². The van der Waals surface area contributed by atoms with Crippen molar-refractivity contribution in [2.75, 3.05) is 25.5 Å². The molecule has 0 heterocycles. The van der Waals surface area contributed by atoms with Crippen molar-refractivity contribution in [1.29, 1.82) is 0 Å². The lowest BCUT2D eigenvalue weighted by molar-refractivity contribution is -0.123. The van der Waals surface area contributed by atoms with Gasteiger partial charge >= 0.3 is 0 Å². The van der Waals surface area contributed by atoms with Crippen molar-refractivity contribution in [2.45, 2.75) is 13.5 Å². The largest absolute Gasteiger partial charge is 0.374 e. The van der Waals surface area contributed by atoms with Gasteiger partial charge in [-0.05, 0) is 17.7 Å². The topological polar surface area (TPSA) is 58.4 Å². The highest BCUT2D eigenvalue weighted by atomic mass is 79.9. The molecular formula is C13H20BrN3O. The number of hydrogen-bond donors (Lipinski definition) is 2. The van der Waals surface area contributed by atoms with Gasteiger partial charge in [0.15, 0.2) is 0 Å². The van der Waals surface area contributed by atoms with Crippen LogP contribution in [0.4, 0.5) is 5.69 Å². The number of carbonyl (C=O) groups excluding carboxylic acids is 1. The fourth-order valence-corrected chi connectivity index (χ4v) is 2.31. The van der Waals surface area contributed by atoms with Crippen LogP contribution >= 0.6 is 15.9 Å². The third-order valence-corrected chi connectivity index (χ3v) is 3.68. The molecule has 1 aromatic rings. The van der Waals surface area contributed by atoms with Crippen LogP contribution in [0.5, 0.6) is 0 Å². The molecule has 0 aliphatic rings. The highest BCUT2D eigenvalue weighted by Crippen LogP contribution is 2.23. The van der Waals surface area contributed by atoms with E-state index in [0.717, 1.165) is 15.7 Å². The summed E-state index contributed by atoms with van der Waals surface area (Å²) in [6, 6.07) is 6.04. The third kappa shape index (κ3) is 3.71. The van der Waals surface area contributed by atoms with Crippen LogP contribution in [0, 0.1) is 5.92 Å². The molecule has 4 nitrogen and oxygen atoms in total. The molecule has 0 bridgehead atoms. The molecule has 1 aromatic carbocycles. The highest BCUT2D eigenvalue weighted by molar-refractivity contribution is 9.10. The number of amides is 1. The number of carbonyl (C=O) groups is 1. The van der Waals surface area contributed by atoms with E-state index in [0.29, 0.717) is 13.1 Å². The fourth-order valence-electron chi connectivity index (χ4n) is 1.78. The first-order valence-electron chi connectivity index (χ1n) is 5.90. The second kappa shape index (κ2) is 6.75. The van der Waals surface area contributed by atoms with Crippen LogP contribution < -0.4 is 16.0 Å². The minimum atomic E-state index is -0.0482. The van der Waals surface area contributed by atoms with Gasteiger partial charge in [-0.25, -0.2) is 0 Å². The van der Waals surface area contributed by atoms with Gasteiger partial charge < -0.3 is 16.0 Å². The summed E-state index contributed by atoms with van der Waals surface area (Å²) in [6.45, 7) is 3.10. The molecule has 0 aromatic heterocycles. The number of halogens is 1. The molecule has 1 atom stereocenters. The van der Waals surface area contributed by atoms with Crippen LogP contribution in [-0.4, -0.2) is 26.5 Å². The van der Waals surface area contributed by atoms with Gasteiger partial charge in [0.25, 0.3) is 0 Å². The Morgan fingerprint density at radius 3 is 2.72 bits per heavy atom. The summed E-state index contributed by atoms with van der Waals surface area (Å²) >= 11 is 3.50. The Balaban J connectivity index is 2.75. The third-order valence-electron chi connectivity index (χ3n) is 2.94. The van der Waals surface area contributed by atoms with Crippen molar-refractivity contribution in [3.05, 3.63) is 28.2 Å². The molecule has 0 radical (unpaired) electrons. The molecule has 5 heteroatoms. The van der Waals surface area contributed by atoms with Crippen LogP contribution in [0.1, 0.15) is 12.5 Å². The van der Waals surface area contributed by atoms with Crippen molar-refractivity contribution in [3.63, 3.8) is 0 Å². The molecule has 0 fully saturated rings. The van der Waals surface area contributed by atoms with E-state index in [1.54, 1.807) is 7.05 Å². The van der Waals surface area contributed by atoms with E-state index in [1.807, 2.05) is 32.2 Å². The minimum absolute atomic E-state index is 0.0482. The molecule has 3 N–H and O–H groups in total. The fraction of sp³-hybridized carbons (Fsp3) is 0.462. The lowest BCUT2D eigenvalue weighted by atomic mass is 10.1. The van der Waals surface area contributed by atoms with Crippen LogP contribution in [0.3, 0.4) is 0 Å². The quantitative estimate of drug-likeness (QED) is 0.870. The Morgan fingerprint density at radius 2 is 2.22 bits per heavy atom. The summed E-state index contributed by atoms with van der Waals surface area (Å²) in [6.07, 6.45) is 0. The van der Waals surface area contributed by atoms with Gasteiger partial charge in [-0.1, -0.05) is 28.9 Å². The highest BCUT2D eigenvalue weighted by Gasteiger charge is 2.14. The number of benzene rings is 1. The van der Waals surface area contributed by atoms with E-state index in [4.69, 9.17) is 5.73 Å². The predicted molar refractivity (Wildman–Crippen MR) is 78.5 cm³/mol. The number of nitrogens with zero attached hydrogens (tertiary/aromatic N) is 1. The Hall–Kier alpha value is -1.07. The summed E-state index contributed by atoms with van der Waals surface area (Å²) in [5.41, 5.74) is 7.76. The molecule has 1 rings (SSSR count). The second-order valence-corrected chi connectivity index (χ2v) is 5.23. The maximum Gasteiger partial charge on any atom is 0.224 e. The van der Waals surface area contributed by atoms with Gasteiger partial charge in [0, 0.05) is 37.3 Å². The first-order valence-corrected chi connectivity index (χ1v) is 6.70. The molecule has 0 aliphatic carbocycles. The normalized spacial score (nSPS) is 12.1. The zero-order valence-corrected chi connectivity index (χ0v) is 12.6. The molecule has 100 valence electrons. The lowest BCUT2D eigenvalue weighted by Crippen LogP contribution is -2.34. The summed E-state index contributed by atoms with van der Waals surface area (Å²) < 4.78 is 1.00. The molecule has 1 unspecified atom stereocenters. The van der Waals surface area contributed by atoms with Crippen molar-refractivity contribution in [3.8, 4) is 0 Å². The summed E-state index contributed by atoms with van der Waals surface area (Å²) in [7, 11) is 3.63. The van der Waals surface area contributed by atoms with Crippen LogP contribution in [-0.2, 0) is 11.3 Å². The SMILES string of the molecule is CNC(=O)C(C)CN(C)c1ccc(CN)c(Br)c1. The molecule has 0 aliphatic heterocycles. The Bertz CT molecular complexity index is 423. The zero-order valence-electron chi connectivity index (χ0n) is 11.0. The molecule has 0 spiro atoms. The average molecular weight is 314 g/mol. The van der Waals surface area contributed by atoms with Crippen LogP contribution in [0.25, 0.3) is 0 Å². The van der Waals surface area contributed by atoms with Gasteiger partial charge in [-0.3, -0.25) is 4.79 Å². The predicted octanol–water partition coefficient (Wildman–Crippen LogP) is 1.73. The van der Waals surface area contributed by atoms with E-state index >= 15 is 0 Å². The maximum absolute atomic E-state index is 11.5. The summed E-state index contributed by atoms with van der Waals surface area (Å²) in [4.78, 5) is 13.5. The number of rotatable bonds is 5. The number of hydrogen-bond acceptors (Lipinski definition) is 3. The first kappa shape index (κ1) is 15.0. The standard InChI is InChI=1S/C13H20BrN3O/c1-9(13(18)16-2)8-17(3)11-5-4-10(7-15)12(14)6-11/h4-6,9H,7-8,15H2,1-3H3,(H,16,18). The molecule has 0 saturated heterocycles. The van der Waals surface area contributed by atoms with Gasteiger partial charge in [0.1, 0.15) is 0 Å². The lowest BCUT2D eigenvalue weighted by Gasteiger charge is -2.23. The van der Waals surface area contributed by atoms with E-state index in [2.05, 4.69) is 26.1 Å². The smallest absolute Gasteiger partial charge is 0.224 e. The maximum atomic E-state index is 11.5. The second-order valence-electron chi connectivity index (χ2n) is 4.38. The Labute approximate surface area is 117 Å². The van der Waals surface area contributed by atoms with Gasteiger partial charge in [-0.2, -0.15) is 0 Å². The first-order chi connectivity index (χ1) is 8.49. The number of nitrogens with two attached hydrogens (primary N) is 1. The molecule has 18 heavy (non-hydrogen) atoms. The minimum Gasteiger partial charge on any atom is -0.374 e. The van der Waals surface area contributed by atoms with E-state index in [1.165, 1.54) is 0 Å². The van der Waals surface area contributed by atoms with Crippen molar-refractivity contribution < 1.29 is 4.79 Å². The zero-order chi connectivity index (χ0) is 13.7. The number of anilines is 1. The van der Waals surface area contributed by atoms with E-state index in [9.17, 15) is 4.79 Å². The van der Waals surface area contributed by atoms with E-state index < -0.39 is 0 Å². The summed E-state index contributed by atoms with van der Waals surface area (Å²) in [5.74, 6) is 0.00690. The Kier molecular flexibility index (Phi) is 5.62. The Morgan fingerprint density at radius 1 is 1.56 bits per heavy atom. The van der Waals surface area contributed by atoms with Crippen molar-refractivity contribution in [1.82, 2.24) is 5.32 Å². The van der Waals surface area contributed by atoms with Crippen molar-refractivity contribution >= 4 is 27.5 Å². The monoisotopic (exact) mass is 313 g/mol. The van der Waals surface area contributed by atoms with Gasteiger partial charge in [0.05, 0.1) is 5.92 Å². The molecular weight excluding hydrogens is 294 g/mol. The van der Waals surface area contributed by atoms with Crippen molar-refractivity contribution in [2.24, 2.45) is 11.7 Å². The van der Waals surface area contributed by atoms with Crippen LogP contribution in [0.2, 0.25) is 0 Å². The molecule has 0 saturated carbocycles. The van der Waals surface area contributed by atoms with Gasteiger partial charge in [-0.15, -0.1) is 0 Å². The number of nitrogens with one attached hydrogen (secondary N) is 1. The average Bonchev–Trinajstić information content (AvgIpc) is 2.37. The van der Waals surface area contributed by atoms with Crippen LogP contribution in [0.15, 0.2) is 22.7 Å².